The summed E-state index contributed by atoms with van der Waals surface area (Å²) in [6, 6.07) is 1.93. The lowest BCUT2D eigenvalue weighted by Crippen LogP contribution is -2.25. The molecular weight excluding hydrogens is 232 g/mol. The van der Waals surface area contributed by atoms with Crippen LogP contribution >= 0.6 is 15.9 Å². The lowest BCUT2D eigenvalue weighted by Gasteiger charge is -2.07. The zero-order valence-electron chi connectivity index (χ0n) is 7.88. The number of alkyl halides is 1. The van der Waals surface area contributed by atoms with Gasteiger partial charge in [-0.05, 0) is 26.3 Å². The Hall–Kier alpha value is -0.640. The van der Waals surface area contributed by atoms with Gasteiger partial charge in [0.15, 0.2) is 0 Å². The molecule has 0 amide bonds. The minimum Gasteiger partial charge on any atom is -0.297 e. The summed E-state index contributed by atoms with van der Waals surface area (Å²) in [6.45, 7) is 4.51. The van der Waals surface area contributed by atoms with Gasteiger partial charge in [-0.3, -0.25) is 4.57 Å². The third-order valence-corrected chi connectivity index (χ3v) is 2.42. The fraction of sp³-hybridized carbons (Fsp3) is 0.556. The van der Waals surface area contributed by atoms with Crippen LogP contribution in [0.1, 0.15) is 17.8 Å². The molecule has 0 N–H and O–H groups in total. The van der Waals surface area contributed by atoms with Crippen LogP contribution in [0.25, 0.3) is 0 Å². The van der Waals surface area contributed by atoms with Gasteiger partial charge in [0.2, 0.25) is 0 Å². The summed E-state index contributed by atoms with van der Waals surface area (Å²) < 4.78 is 1.70. The molecule has 1 aromatic rings. The Kier molecular flexibility index (Phi) is 3.66. The molecule has 1 heterocycles. The summed E-state index contributed by atoms with van der Waals surface area (Å²) in [7, 11) is 0. The first-order valence-corrected chi connectivity index (χ1v) is 5.38. The number of hydrogen-bond acceptors (Lipinski definition) is 2. The Morgan fingerprint density at radius 3 is 2.77 bits per heavy atom. The van der Waals surface area contributed by atoms with Crippen molar-refractivity contribution >= 4 is 15.9 Å². The minimum absolute atomic E-state index is 0.140. The lowest BCUT2D eigenvalue weighted by atomic mass is 10.3. The Bertz CT molecular complexity index is 346. The van der Waals surface area contributed by atoms with Crippen molar-refractivity contribution in [2.75, 3.05) is 5.33 Å². The molecule has 0 bridgehead atoms. The molecule has 0 aliphatic rings. The molecule has 0 unspecified atom stereocenters. The summed E-state index contributed by atoms with van der Waals surface area (Å²) in [6.07, 6.45) is 0.950. The first-order valence-electron chi connectivity index (χ1n) is 4.26. The van der Waals surface area contributed by atoms with E-state index in [2.05, 4.69) is 20.9 Å². The summed E-state index contributed by atoms with van der Waals surface area (Å²) in [5, 5.41) is 0.909. The smallest absolute Gasteiger partial charge is 0.297 e. The average Bonchev–Trinajstić information content (AvgIpc) is 2.02. The number of nitrogens with zero attached hydrogens (tertiary/aromatic N) is 2. The summed E-state index contributed by atoms with van der Waals surface area (Å²) in [5.41, 5.74) is 1.63. The average molecular weight is 245 g/mol. The fourth-order valence-corrected chi connectivity index (χ4v) is 1.52. The second-order valence-electron chi connectivity index (χ2n) is 3.02. The minimum atomic E-state index is -0.140. The largest absolute Gasteiger partial charge is 0.347 e. The van der Waals surface area contributed by atoms with E-state index in [4.69, 9.17) is 0 Å². The maximum absolute atomic E-state index is 11.4. The van der Waals surface area contributed by atoms with Crippen LogP contribution < -0.4 is 5.69 Å². The highest BCUT2D eigenvalue weighted by Gasteiger charge is 2.01. The monoisotopic (exact) mass is 244 g/mol. The molecule has 0 radical (unpaired) electrons. The second-order valence-corrected chi connectivity index (χ2v) is 3.81. The molecule has 13 heavy (non-hydrogen) atoms. The summed E-state index contributed by atoms with van der Waals surface area (Å²) >= 11 is 3.33. The van der Waals surface area contributed by atoms with Crippen molar-refractivity contribution in [1.29, 1.82) is 0 Å². The molecule has 0 saturated carbocycles. The van der Waals surface area contributed by atoms with Gasteiger partial charge in [-0.2, -0.15) is 4.98 Å². The van der Waals surface area contributed by atoms with Crippen LogP contribution in [0.3, 0.4) is 0 Å². The van der Waals surface area contributed by atoms with E-state index >= 15 is 0 Å². The highest BCUT2D eigenvalue weighted by molar-refractivity contribution is 9.09. The van der Waals surface area contributed by atoms with Gasteiger partial charge in [-0.1, -0.05) is 15.9 Å². The standard InChI is InChI=1S/C9H13BrN2O/c1-7-6-8(2)12(5-3-4-10)9(13)11-7/h6H,3-5H2,1-2H3. The highest BCUT2D eigenvalue weighted by Crippen LogP contribution is 1.98. The molecule has 0 aliphatic carbocycles. The predicted molar refractivity (Wildman–Crippen MR) is 56.4 cm³/mol. The van der Waals surface area contributed by atoms with Gasteiger partial charge in [0, 0.05) is 23.3 Å². The molecular formula is C9H13BrN2O. The molecule has 0 atom stereocenters. The summed E-state index contributed by atoms with van der Waals surface area (Å²) in [5.74, 6) is 0. The Labute approximate surface area is 85.9 Å². The van der Waals surface area contributed by atoms with Crippen LogP contribution in [0, 0.1) is 13.8 Å². The van der Waals surface area contributed by atoms with Gasteiger partial charge < -0.3 is 0 Å². The van der Waals surface area contributed by atoms with Crippen LogP contribution in [0.4, 0.5) is 0 Å². The highest BCUT2D eigenvalue weighted by atomic mass is 79.9. The zero-order valence-corrected chi connectivity index (χ0v) is 9.47. The van der Waals surface area contributed by atoms with Crippen molar-refractivity contribution in [3.05, 3.63) is 27.9 Å². The van der Waals surface area contributed by atoms with Crippen molar-refractivity contribution < 1.29 is 0 Å². The van der Waals surface area contributed by atoms with Crippen LogP contribution in [-0.4, -0.2) is 14.9 Å². The van der Waals surface area contributed by atoms with Gasteiger partial charge in [0.05, 0.1) is 0 Å². The maximum atomic E-state index is 11.4. The van der Waals surface area contributed by atoms with E-state index in [-0.39, 0.29) is 5.69 Å². The third-order valence-electron chi connectivity index (χ3n) is 1.86. The van der Waals surface area contributed by atoms with Crippen LogP contribution in [0.5, 0.6) is 0 Å². The number of aromatic nitrogens is 2. The quantitative estimate of drug-likeness (QED) is 0.759. The van der Waals surface area contributed by atoms with Gasteiger partial charge in [0.25, 0.3) is 0 Å². The molecule has 0 aromatic carbocycles. The first kappa shape index (κ1) is 10.4. The number of rotatable bonds is 3. The first-order chi connectivity index (χ1) is 6.15. The third kappa shape index (κ3) is 2.66. The Balaban J connectivity index is 2.99. The molecule has 1 aromatic heterocycles. The van der Waals surface area contributed by atoms with Crippen LogP contribution in [0.2, 0.25) is 0 Å². The molecule has 4 heteroatoms. The van der Waals surface area contributed by atoms with Crippen LogP contribution in [-0.2, 0) is 6.54 Å². The topological polar surface area (TPSA) is 34.9 Å². The molecule has 3 nitrogen and oxygen atoms in total. The number of hydrogen-bond donors (Lipinski definition) is 0. The normalized spacial score (nSPS) is 10.4. The molecule has 0 spiro atoms. The number of halogens is 1. The maximum Gasteiger partial charge on any atom is 0.347 e. The number of aryl methyl sites for hydroxylation is 2. The second kappa shape index (κ2) is 4.56. The van der Waals surface area contributed by atoms with Crippen molar-refractivity contribution in [2.24, 2.45) is 0 Å². The van der Waals surface area contributed by atoms with Gasteiger partial charge in [-0.25, -0.2) is 4.79 Å². The zero-order chi connectivity index (χ0) is 9.84. The molecule has 0 saturated heterocycles. The van der Waals surface area contributed by atoms with Crippen molar-refractivity contribution in [1.82, 2.24) is 9.55 Å². The van der Waals surface area contributed by atoms with E-state index in [0.717, 1.165) is 29.7 Å². The van der Waals surface area contributed by atoms with Crippen molar-refractivity contribution in [3.8, 4) is 0 Å². The summed E-state index contributed by atoms with van der Waals surface area (Å²) in [4.78, 5) is 15.3. The SMILES string of the molecule is Cc1cc(C)n(CCCBr)c(=O)n1. The molecule has 72 valence electrons. The lowest BCUT2D eigenvalue weighted by molar-refractivity contribution is 0.618. The van der Waals surface area contributed by atoms with Crippen molar-refractivity contribution in [2.45, 2.75) is 26.8 Å². The van der Waals surface area contributed by atoms with E-state index in [1.54, 1.807) is 4.57 Å². The van der Waals surface area contributed by atoms with Gasteiger partial charge >= 0.3 is 5.69 Å². The van der Waals surface area contributed by atoms with E-state index in [1.807, 2.05) is 19.9 Å². The van der Waals surface area contributed by atoms with Gasteiger partial charge in [0.1, 0.15) is 0 Å². The Morgan fingerprint density at radius 2 is 2.23 bits per heavy atom. The Morgan fingerprint density at radius 1 is 1.54 bits per heavy atom. The molecule has 0 fully saturated rings. The molecule has 1 rings (SSSR count). The van der Waals surface area contributed by atoms with Crippen LogP contribution in [0.15, 0.2) is 10.9 Å². The van der Waals surface area contributed by atoms with Gasteiger partial charge in [-0.15, -0.1) is 0 Å². The van der Waals surface area contributed by atoms with E-state index in [9.17, 15) is 4.79 Å². The molecule has 0 aliphatic heterocycles. The predicted octanol–water partition coefficient (Wildman–Crippen LogP) is 1.65. The van der Waals surface area contributed by atoms with E-state index in [1.165, 1.54) is 0 Å². The van der Waals surface area contributed by atoms with Crippen molar-refractivity contribution in [3.63, 3.8) is 0 Å². The van der Waals surface area contributed by atoms with E-state index < -0.39 is 0 Å². The van der Waals surface area contributed by atoms with E-state index in [0.29, 0.717) is 0 Å². The fourth-order valence-electron chi connectivity index (χ4n) is 1.26.